The third kappa shape index (κ3) is 2.26. The van der Waals surface area contributed by atoms with Gasteiger partial charge in [0.1, 0.15) is 0 Å². The SMILES string of the molecule is C[C@H]1[C@H](c2ccccc2)O[P+]23O[C@@H](c4ccccc4)[C@H](C)N2CCN13. The Morgan fingerprint density at radius 3 is 1.52 bits per heavy atom. The van der Waals surface area contributed by atoms with Crippen molar-refractivity contribution < 1.29 is 9.05 Å². The average molecular weight is 355 g/mol. The lowest BCUT2D eigenvalue weighted by molar-refractivity contribution is 0.166. The van der Waals surface area contributed by atoms with E-state index in [0.29, 0.717) is 12.1 Å². The van der Waals surface area contributed by atoms with Gasteiger partial charge >= 0.3 is 8.02 Å². The Hall–Kier alpha value is -1.29. The van der Waals surface area contributed by atoms with Crippen LogP contribution in [0, 0.1) is 0 Å². The summed E-state index contributed by atoms with van der Waals surface area (Å²) in [7, 11) is -2.16. The maximum Gasteiger partial charge on any atom is 0.438 e. The monoisotopic (exact) mass is 355 g/mol. The van der Waals surface area contributed by atoms with Crippen LogP contribution in [0.2, 0.25) is 0 Å². The second kappa shape index (κ2) is 5.87. The molecule has 0 bridgehead atoms. The zero-order valence-corrected chi connectivity index (χ0v) is 15.5. The van der Waals surface area contributed by atoms with Gasteiger partial charge in [-0.05, 0) is 25.0 Å². The number of benzene rings is 2. The maximum atomic E-state index is 6.76. The summed E-state index contributed by atoms with van der Waals surface area (Å²) in [5.74, 6) is 0. The molecule has 4 nitrogen and oxygen atoms in total. The summed E-state index contributed by atoms with van der Waals surface area (Å²) in [5, 5.41) is 0. The van der Waals surface area contributed by atoms with Crippen LogP contribution in [0.25, 0.3) is 0 Å². The highest BCUT2D eigenvalue weighted by molar-refractivity contribution is 7.62. The van der Waals surface area contributed by atoms with E-state index >= 15 is 0 Å². The van der Waals surface area contributed by atoms with Crippen LogP contribution in [-0.4, -0.2) is 34.5 Å². The van der Waals surface area contributed by atoms with E-state index in [0.717, 1.165) is 13.1 Å². The third-order valence-corrected chi connectivity index (χ3v) is 9.21. The van der Waals surface area contributed by atoms with Gasteiger partial charge in [0.15, 0.2) is 12.2 Å². The van der Waals surface area contributed by atoms with E-state index in [-0.39, 0.29) is 12.2 Å². The van der Waals surface area contributed by atoms with Crippen LogP contribution in [0.1, 0.15) is 37.2 Å². The molecule has 130 valence electrons. The van der Waals surface area contributed by atoms with E-state index in [2.05, 4.69) is 83.9 Å². The zero-order valence-electron chi connectivity index (χ0n) is 14.7. The molecule has 3 aliphatic heterocycles. The second-order valence-corrected chi connectivity index (χ2v) is 9.60. The molecule has 2 aromatic carbocycles. The number of rotatable bonds is 2. The molecular formula is C20H24N2O2P+. The van der Waals surface area contributed by atoms with E-state index in [1.807, 2.05) is 0 Å². The van der Waals surface area contributed by atoms with Gasteiger partial charge in [0.05, 0.1) is 25.2 Å². The predicted octanol–water partition coefficient (Wildman–Crippen LogP) is 4.60. The van der Waals surface area contributed by atoms with Gasteiger partial charge in [0.25, 0.3) is 0 Å². The molecule has 0 amide bonds. The van der Waals surface area contributed by atoms with Crippen LogP contribution in [0.5, 0.6) is 0 Å². The van der Waals surface area contributed by atoms with Crippen LogP contribution in [0.4, 0.5) is 0 Å². The fraction of sp³-hybridized carbons (Fsp3) is 0.400. The molecule has 2 aromatic rings. The molecule has 3 fully saturated rings. The number of hydrogen-bond acceptors (Lipinski definition) is 4. The van der Waals surface area contributed by atoms with Gasteiger partial charge in [-0.25, -0.2) is 0 Å². The first-order chi connectivity index (χ1) is 12.2. The fourth-order valence-corrected chi connectivity index (χ4v) is 8.35. The van der Waals surface area contributed by atoms with Crippen LogP contribution < -0.4 is 0 Å². The molecule has 25 heavy (non-hydrogen) atoms. The summed E-state index contributed by atoms with van der Waals surface area (Å²) in [6.45, 7) is 6.62. The lowest BCUT2D eigenvalue weighted by atomic mass is 10.0. The standard InChI is InChI=1S/C20H24N2O2P/c1-15-19(17-9-5-3-6-10-17)23-25-21(15)13-14-22(25)16(2)20(24-25)18-11-7-4-8-12-18/h3-12,15-16,19-20H,13-14H2,1-2H3/q+1/t15-,16-,19+,20+,25?/m0/s1. The summed E-state index contributed by atoms with van der Waals surface area (Å²) in [4.78, 5) is 0. The van der Waals surface area contributed by atoms with Gasteiger partial charge in [0.2, 0.25) is 0 Å². The van der Waals surface area contributed by atoms with Crippen molar-refractivity contribution >= 4 is 8.02 Å². The molecule has 0 aliphatic carbocycles. The Morgan fingerprint density at radius 1 is 0.720 bits per heavy atom. The fourth-order valence-electron chi connectivity index (χ4n) is 4.49. The van der Waals surface area contributed by atoms with Gasteiger partial charge in [0, 0.05) is 0 Å². The van der Waals surface area contributed by atoms with Gasteiger partial charge < -0.3 is 0 Å². The molecule has 0 aromatic heterocycles. The number of nitrogens with zero attached hydrogens (tertiary/aromatic N) is 2. The van der Waals surface area contributed by atoms with Crippen molar-refractivity contribution in [2.75, 3.05) is 13.1 Å². The van der Waals surface area contributed by atoms with Gasteiger partial charge in [-0.15, -0.1) is 9.34 Å². The second-order valence-electron chi connectivity index (χ2n) is 7.17. The molecule has 3 saturated heterocycles. The molecular weight excluding hydrogens is 331 g/mol. The van der Waals surface area contributed by atoms with Crippen LogP contribution in [-0.2, 0) is 9.05 Å². The van der Waals surface area contributed by atoms with Crippen molar-refractivity contribution in [2.24, 2.45) is 0 Å². The predicted molar refractivity (Wildman–Crippen MR) is 99.8 cm³/mol. The van der Waals surface area contributed by atoms with E-state index in [4.69, 9.17) is 9.05 Å². The normalized spacial score (nSPS) is 34.2. The largest absolute Gasteiger partial charge is 0.438 e. The molecule has 4 atom stereocenters. The maximum absolute atomic E-state index is 6.76. The Balaban J connectivity index is 1.50. The molecule has 0 radical (unpaired) electrons. The number of hydrogen-bond donors (Lipinski definition) is 0. The molecule has 0 N–H and O–H groups in total. The van der Waals surface area contributed by atoms with Crippen LogP contribution in [0.15, 0.2) is 60.7 Å². The molecule has 3 heterocycles. The first kappa shape index (κ1) is 15.9. The molecule has 5 heteroatoms. The van der Waals surface area contributed by atoms with Crippen molar-refractivity contribution in [3.05, 3.63) is 71.8 Å². The average Bonchev–Trinajstić information content (AvgIpc) is 3.24. The minimum absolute atomic E-state index is 0.0825. The Bertz CT molecular complexity index is 691. The van der Waals surface area contributed by atoms with Crippen molar-refractivity contribution in [1.82, 2.24) is 9.34 Å². The lowest BCUT2D eigenvalue weighted by Crippen LogP contribution is -2.29. The summed E-state index contributed by atoms with van der Waals surface area (Å²) in [6.07, 6.45) is 0.165. The van der Waals surface area contributed by atoms with Crippen LogP contribution in [0.3, 0.4) is 0 Å². The molecule has 0 saturated carbocycles. The van der Waals surface area contributed by atoms with Crippen molar-refractivity contribution in [3.8, 4) is 0 Å². The molecule has 0 unspecified atom stereocenters. The van der Waals surface area contributed by atoms with Crippen molar-refractivity contribution in [1.29, 1.82) is 0 Å². The van der Waals surface area contributed by atoms with E-state index in [9.17, 15) is 0 Å². The van der Waals surface area contributed by atoms with Gasteiger partial charge in [-0.3, -0.25) is 0 Å². The minimum atomic E-state index is -2.16. The van der Waals surface area contributed by atoms with E-state index < -0.39 is 8.02 Å². The van der Waals surface area contributed by atoms with E-state index in [1.165, 1.54) is 11.1 Å². The Labute approximate surface area is 150 Å². The quantitative estimate of drug-likeness (QED) is 0.735. The van der Waals surface area contributed by atoms with Gasteiger partial charge in [-0.1, -0.05) is 60.7 Å². The van der Waals surface area contributed by atoms with Crippen molar-refractivity contribution in [2.45, 2.75) is 38.1 Å². The first-order valence-electron chi connectivity index (χ1n) is 9.11. The Morgan fingerprint density at radius 2 is 1.12 bits per heavy atom. The highest BCUT2D eigenvalue weighted by Gasteiger charge is 2.76. The van der Waals surface area contributed by atoms with E-state index in [1.54, 1.807) is 0 Å². The molecule has 5 rings (SSSR count). The highest BCUT2D eigenvalue weighted by Crippen LogP contribution is 2.82. The van der Waals surface area contributed by atoms with Crippen molar-refractivity contribution in [3.63, 3.8) is 0 Å². The minimum Gasteiger partial charge on any atom is -0.162 e. The zero-order chi connectivity index (χ0) is 17.0. The summed E-state index contributed by atoms with van der Waals surface area (Å²) >= 11 is 0. The summed E-state index contributed by atoms with van der Waals surface area (Å²) < 4.78 is 18.5. The van der Waals surface area contributed by atoms with Crippen LogP contribution >= 0.6 is 8.02 Å². The topological polar surface area (TPSA) is 24.9 Å². The highest BCUT2D eigenvalue weighted by atomic mass is 31.2. The molecule has 1 spiro atoms. The lowest BCUT2D eigenvalue weighted by Gasteiger charge is -2.19. The van der Waals surface area contributed by atoms with Gasteiger partial charge in [-0.2, -0.15) is 9.05 Å². The molecule has 3 aliphatic rings. The summed E-state index contributed by atoms with van der Waals surface area (Å²) in [5.41, 5.74) is 2.50. The smallest absolute Gasteiger partial charge is 0.162 e. The Kier molecular flexibility index (Phi) is 3.74. The third-order valence-electron chi connectivity index (χ3n) is 5.78. The summed E-state index contributed by atoms with van der Waals surface area (Å²) in [6, 6.07) is 21.8. The first-order valence-corrected chi connectivity index (χ1v) is 10.6.